The number of hydrogen-bond acceptors (Lipinski definition) is 3. The molecule has 5 heteroatoms. The van der Waals surface area contributed by atoms with Gasteiger partial charge in [-0.2, -0.15) is 0 Å². The maximum Gasteiger partial charge on any atom is 0.328 e. The molecular formula is C13H15BrO4. The zero-order chi connectivity index (χ0) is 13.4. The molecule has 18 heavy (non-hydrogen) atoms. The lowest BCUT2D eigenvalue weighted by atomic mass is 10.2. The summed E-state index contributed by atoms with van der Waals surface area (Å²) in [7, 11) is 1.57. The van der Waals surface area contributed by atoms with E-state index in [2.05, 4.69) is 15.9 Å². The molecule has 0 atom stereocenters. The van der Waals surface area contributed by atoms with Gasteiger partial charge in [0.1, 0.15) is 0 Å². The minimum absolute atomic E-state index is 0.577. The van der Waals surface area contributed by atoms with Crippen LogP contribution in [0.1, 0.15) is 12.0 Å². The molecule has 0 saturated heterocycles. The van der Waals surface area contributed by atoms with Gasteiger partial charge in [-0.15, -0.1) is 0 Å². The van der Waals surface area contributed by atoms with E-state index in [9.17, 15) is 4.79 Å². The highest BCUT2D eigenvalue weighted by Gasteiger charge is 2.04. The molecule has 1 N–H and O–H groups in total. The molecule has 0 unspecified atom stereocenters. The second kappa shape index (κ2) is 7.76. The predicted molar refractivity (Wildman–Crippen MR) is 73.6 cm³/mol. The molecule has 0 aliphatic rings. The van der Waals surface area contributed by atoms with Gasteiger partial charge in [-0.3, -0.25) is 0 Å². The van der Waals surface area contributed by atoms with Crippen molar-refractivity contribution in [2.75, 3.05) is 19.0 Å². The lowest BCUT2D eigenvalue weighted by Crippen LogP contribution is -2.00. The van der Waals surface area contributed by atoms with E-state index in [1.165, 1.54) is 6.08 Å². The van der Waals surface area contributed by atoms with Gasteiger partial charge in [0, 0.05) is 11.4 Å². The van der Waals surface area contributed by atoms with Crippen LogP contribution in [-0.2, 0) is 4.79 Å². The molecule has 1 rings (SSSR count). The first-order valence-electron chi connectivity index (χ1n) is 5.45. The van der Waals surface area contributed by atoms with Crippen molar-refractivity contribution >= 4 is 28.0 Å². The Balaban J connectivity index is 2.83. The van der Waals surface area contributed by atoms with Gasteiger partial charge in [-0.1, -0.05) is 22.0 Å². The van der Waals surface area contributed by atoms with Crippen LogP contribution in [0.25, 0.3) is 6.08 Å². The number of aliphatic carboxylic acids is 1. The minimum Gasteiger partial charge on any atom is -0.493 e. The van der Waals surface area contributed by atoms with Crippen molar-refractivity contribution in [1.29, 1.82) is 0 Å². The fourth-order valence-corrected chi connectivity index (χ4v) is 1.54. The summed E-state index contributed by atoms with van der Waals surface area (Å²) in [4.78, 5) is 10.4. The van der Waals surface area contributed by atoms with Crippen LogP contribution in [0.5, 0.6) is 11.5 Å². The second-order valence-corrected chi connectivity index (χ2v) is 4.27. The largest absolute Gasteiger partial charge is 0.493 e. The smallest absolute Gasteiger partial charge is 0.328 e. The maximum absolute atomic E-state index is 10.4. The Bertz CT molecular complexity index is 429. The lowest BCUT2D eigenvalue weighted by molar-refractivity contribution is -0.131. The Morgan fingerprint density at radius 1 is 1.44 bits per heavy atom. The first-order valence-corrected chi connectivity index (χ1v) is 6.57. The highest BCUT2D eigenvalue weighted by atomic mass is 79.9. The Morgan fingerprint density at radius 2 is 2.22 bits per heavy atom. The summed E-state index contributed by atoms with van der Waals surface area (Å²) in [5.74, 6) is 0.274. The molecule has 0 spiro atoms. The Kier molecular flexibility index (Phi) is 6.28. The fraction of sp³-hybridized carbons (Fsp3) is 0.308. The topological polar surface area (TPSA) is 55.8 Å². The normalized spacial score (nSPS) is 10.6. The van der Waals surface area contributed by atoms with Crippen LogP contribution in [0.15, 0.2) is 24.3 Å². The van der Waals surface area contributed by atoms with E-state index >= 15 is 0 Å². The molecule has 98 valence electrons. The van der Waals surface area contributed by atoms with Crippen LogP contribution in [0.3, 0.4) is 0 Å². The van der Waals surface area contributed by atoms with Crippen LogP contribution in [-0.4, -0.2) is 30.1 Å². The third kappa shape index (κ3) is 4.79. The minimum atomic E-state index is -0.979. The molecule has 0 aliphatic carbocycles. The van der Waals surface area contributed by atoms with E-state index in [4.69, 9.17) is 14.6 Å². The number of carboxylic acids is 1. The SMILES string of the molecule is COc1ccc(C=CC(=O)O)cc1OCCCBr. The molecule has 0 fully saturated rings. The number of carboxylic acid groups (broad SMARTS) is 1. The lowest BCUT2D eigenvalue weighted by Gasteiger charge is -2.10. The van der Waals surface area contributed by atoms with Gasteiger partial charge in [-0.25, -0.2) is 4.79 Å². The van der Waals surface area contributed by atoms with Crippen LogP contribution in [0.2, 0.25) is 0 Å². The highest BCUT2D eigenvalue weighted by Crippen LogP contribution is 2.28. The molecule has 0 aliphatic heterocycles. The molecule has 0 heterocycles. The van der Waals surface area contributed by atoms with Crippen LogP contribution < -0.4 is 9.47 Å². The van der Waals surface area contributed by atoms with Gasteiger partial charge in [0.05, 0.1) is 13.7 Å². The molecule has 4 nitrogen and oxygen atoms in total. The van der Waals surface area contributed by atoms with Gasteiger partial charge >= 0.3 is 5.97 Å². The standard InChI is InChI=1S/C13H15BrO4/c1-17-11-5-3-10(4-6-13(15)16)9-12(11)18-8-2-7-14/h3-6,9H,2,7-8H2,1H3,(H,15,16). The van der Waals surface area contributed by atoms with Gasteiger partial charge in [0.15, 0.2) is 11.5 Å². The number of benzene rings is 1. The number of ether oxygens (including phenoxy) is 2. The average molecular weight is 315 g/mol. The van der Waals surface area contributed by atoms with E-state index in [-0.39, 0.29) is 0 Å². The van der Waals surface area contributed by atoms with E-state index in [1.807, 2.05) is 0 Å². The van der Waals surface area contributed by atoms with Gasteiger partial charge < -0.3 is 14.6 Å². The number of hydrogen-bond donors (Lipinski definition) is 1. The number of rotatable bonds is 7. The predicted octanol–water partition coefficient (Wildman–Crippen LogP) is 2.96. The molecular weight excluding hydrogens is 300 g/mol. The Labute approximate surface area is 114 Å². The maximum atomic E-state index is 10.4. The van der Waals surface area contributed by atoms with Crippen molar-refractivity contribution in [3.63, 3.8) is 0 Å². The molecule has 0 radical (unpaired) electrons. The molecule has 0 saturated carbocycles. The molecule has 0 bridgehead atoms. The van der Waals surface area contributed by atoms with Crippen LogP contribution >= 0.6 is 15.9 Å². The van der Waals surface area contributed by atoms with Gasteiger partial charge in [-0.05, 0) is 30.2 Å². The molecule has 1 aromatic carbocycles. The van der Waals surface area contributed by atoms with Gasteiger partial charge in [0.25, 0.3) is 0 Å². The fourth-order valence-electron chi connectivity index (χ4n) is 1.31. The number of carbonyl (C=O) groups is 1. The summed E-state index contributed by atoms with van der Waals surface area (Å²) in [6.45, 7) is 0.577. The number of halogens is 1. The molecule has 1 aromatic rings. The van der Waals surface area contributed by atoms with Crippen molar-refractivity contribution < 1.29 is 19.4 Å². The van der Waals surface area contributed by atoms with E-state index in [0.717, 1.165) is 23.4 Å². The van der Waals surface area contributed by atoms with Gasteiger partial charge in [0.2, 0.25) is 0 Å². The highest BCUT2D eigenvalue weighted by molar-refractivity contribution is 9.09. The van der Waals surface area contributed by atoms with E-state index in [1.54, 1.807) is 25.3 Å². The summed E-state index contributed by atoms with van der Waals surface area (Å²) in [5.41, 5.74) is 0.757. The second-order valence-electron chi connectivity index (χ2n) is 3.47. The van der Waals surface area contributed by atoms with Crippen molar-refractivity contribution in [2.24, 2.45) is 0 Å². The summed E-state index contributed by atoms with van der Waals surface area (Å²) in [5, 5.41) is 9.44. The van der Waals surface area contributed by atoms with Crippen molar-refractivity contribution in [1.82, 2.24) is 0 Å². The van der Waals surface area contributed by atoms with Crippen LogP contribution in [0, 0.1) is 0 Å². The summed E-state index contributed by atoms with van der Waals surface area (Å²) >= 11 is 3.33. The zero-order valence-corrected chi connectivity index (χ0v) is 11.6. The van der Waals surface area contributed by atoms with E-state index in [0.29, 0.717) is 18.1 Å². The van der Waals surface area contributed by atoms with Crippen LogP contribution in [0.4, 0.5) is 0 Å². The van der Waals surface area contributed by atoms with E-state index < -0.39 is 5.97 Å². The number of methoxy groups -OCH3 is 1. The summed E-state index contributed by atoms with van der Waals surface area (Å²) < 4.78 is 10.8. The third-order valence-corrected chi connectivity index (χ3v) is 2.70. The molecule has 0 amide bonds. The van der Waals surface area contributed by atoms with Crippen molar-refractivity contribution in [3.8, 4) is 11.5 Å². The van der Waals surface area contributed by atoms with Crippen molar-refractivity contribution in [2.45, 2.75) is 6.42 Å². The third-order valence-electron chi connectivity index (χ3n) is 2.14. The number of alkyl halides is 1. The average Bonchev–Trinajstić information content (AvgIpc) is 2.37. The monoisotopic (exact) mass is 314 g/mol. The van der Waals surface area contributed by atoms with Crippen molar-refractivity contribution in [3.05, 3.63) is 29.8 Å². The summed E-state index contributed by atoms with van der Waals surface area (Å²) in [6.07, 6.45) is 3.49. The Morgan fingerprint density at radius 3 is 2.83 bits per heavy atom. The zero-order valence-electron chi connectivity index (χ0n) is 10.1. The Hall–Kier alpha value is -1.49. The first-order chi connectivity index (χ1) is 8.67. The summed E-state index contributed by atoms with van der Waals surface area (Å²) in [6, 6.07) is 5.28. The quantitative estimate of drug-likeness (QED) is 0.477. The first kappa shape index (κ1) is 14.6. The molecule has 0 aromatic heterocycles.